The van der Waals surface area contributed by atoms with Crippen molar-refractivity contribution in [1.82, 2.24) is 19.7 Å². The maximum atomic E-state index is 12.7. The van der Waals surface area contributed by atoms with Gasteiger partial charge in [-0.2, -0.15) is 4.98 Å². The quantitative estimate of drug-likeness (QED) is 0.568. The third-order valence-electron chi connectivity index (χ3n) is 5.36. The Morgan fingerprint density at radius 3 is 2.69 bits per heavy atom. The molecule has 1 aliphatic heterocycles. The minimum Gasteiger partial charge on any atom is -0.403 e. The van der Waals surface area contributed by atoms with Gasteiger partial charge >= 0.3 is 5.63 Å². The Hall–Kier alpha value is -3.19. The van der Waals surface area contributed by atoms with Crippen molar-refractivity contribution in [2.75, 3.05) is 18.0 Å². The van der Waals surface area contributed by atoms with Crippen molar-refractivity contribution in [2.24, 2.45) is 0 Å². The molecule has 4 aromatic rings. The van der Waals surface area contributed by atoms with Crippen molar-refractivity contribution in [3.63, 3.8) is 0 Å². The fraction of sp³-hybridized carbons (Fsp3) is 0.318. The number of nitrogens with zero attached hydrogens (tertiary/aromatic N) is 4. The first-order valence-corrected chi connectivity index (χ1v) is 9.88. The molecular weight excluding hydrogens is 366 g/mol. The van der Waals surface area contributed by atoms with Gasteiger partial charge < -0.3 is 19.0 Å². The minimum atomic E-state index is -0.427. The Kier molecular flexibility index (Phi) is 4.13. The molecule has 0 amide bonds. The van der Waals surface area contributed by atoms with Crippen LogP contribution in [0.1, 0.15) is 19.4 Å². The van der Waals surface area contributed by atoms with E-state index in [0.717, 1.165) is 35.5 Å². The summed E-state index contributed by atoms with van der Waals surface area (Å²) in [5.41, 5.74) is 2.89. The maximum absolute atomic E-state index is 12.7. The molecule has 29 heavy (non-hydrogen) atoms. The van der Waals surface area contributed by atoms with Crippen molar-refractivity contribution in [1.29, 1.82) is 0 Å². The monoisotopic (exact) mass is 389 g/mol. The molecule has 1 fully saturated rings. The van der Waals surface area contributed by atoms with Gasteiger partial charge in [0.15, 0.2) is 0 Å². The van der Waals surface area contributed by atoms with E-state index in [-0.39, 0.29) is 0 Å². The third-order valence-corrected chi connectivity index (χ3v) is 5.36. The number of aryl methyl sites for hydroxylation is 1. The molecule has 0 bridgehead atoms. The highest BCUT2D eigenvalue weighted by molar-refractivity contribution is 5.80. The van der Waals surface area contributed by atoms with Gasteiger partial charge in [0.1, 0.15) is 11.5 Å². The smallest absolute Gasteiger partial charge is 0.347 e. The molecule has 2 atom stereocenters. The molecule has 1 saturated heterocycles. The molecule has 0 aliphatic carbocycles. The van der Waals surface area contributed by atoms with Crippen molar-refractivity contribution < 1.29 is 4.42 Å². The fourth-order valence-corrected chi connectivity index (χ4v) is 4.07. The van der Waals surface area contributed by atoms with Crippen LogP contribution in [0.5, 0.6) is 0 Å². The van der Waals surface area contributed by atoms with Gasteiger partial charge in [-0.1, -0.05) is 0 Å². The topological polar surface area (TPSA) is 75.7 Å². The lowest BCUT2D eigenvalue weighted by Gasteiger charge is -2.36. The van der Waals surface area contributed by atoms with E-state index in [4.69, 9.17) is 4.42 Å². The predicted molar refractivity (Wildman–Crippen MR) is 113 cm³/mol. The first-order chi connectivity index (χ1) is 14.0. The Labute approximate surface area is 168 Å². The second-order valence-electron chi connectivity index (χ2n) is 7.98. The lowest BCUT2D eigenvalue weighted by atomic mass is 10.1. The van der Waals surface area contributed by atoms with Gasteiger partial charge in [0.2, 0.25) is 5.71 Å². The van der Waals surface area contributed by atoms with E-state index in [2.05, 4.69) is 34.0 Å². The van der Waals surface area contributed by atoms with Gasteiger partial charge in [-0.25, -0.2) is 9.78 Å². The van der Waals surface area contributed by atoms with Gasteiger partial charge in [-0.05, 0) is 56.7 Å². The third kappa shape index (κ3) is 3.27. The van der Waals surface area contributed by atoms with Gasteiger partial charge in [0.25, 0.3) is 0 Å². The highest BCUT2D eigenvalue weighted by atomic mass is 16.4. The van der Waals surface area contributed by atoms with E-state index < -0.39 is 5.63 Å². The summed E-state index contributed by atoms with van der Waals surface area (Å²) in [6.07, 6.45) is 3.78. The zero-order chi connectivity index (χ0) is 20.1. The number of piperazine rings is 1. The van der Waals surface area contributed by atoms with Crippen molar-refractivity contribution in [3.05, 3.63) is 58.7 Å². The number of nitrogens with one attached hydrogen (secondary N) is 1. The summed E-state index contributed by atoms with van der Waals surface area (Å²) in [4.78, 5) is 24.1. The van der Waals surface area contributed by atoms with Crippen LogP contribution in [0.25, 0.3) is 28.0 Å². The molecule has 0 aromatic carbocycles. The summed E-state index contributed by atoms with van der Waals surface area (Å²) in [7, 11) is 0. The summed E-state index contributed by atoms with van der Waals surface area (Å²) < 4.78 is 7.50. The molecular formula is C22H23N5O2. The number of hydrogen-bond acceptors (Lipinski definition) is 6. The second kappa shape index (κ2) is 6.70. The summed E-state index contributed by atoms with van der Waals surface area (Å²) in [6, 6.07) is 10.5. The van der Waals surface area contributed by atoms with Gasteiger partial charge in [-0.15, -0.1) is 0 Å². The Balaban J connectivity index is 1.55. The lowest BCUT2D eigenvalue weighted by Crippen LogP contribution is -2.54. The van der Waals surface area contributed by atoms with Crippen LogP contribution < -0.4 is 15.8 Å². The highest BCUT2D eigenvalue weighted by Gasteiger charge is 2.22. The summed E-state index contributed by atoms with van der Waals surface area (Å²) in [5.74, 6) is 0.830. The number of anilines is 1. The van der Waals surface area contributed by atoms with Crippen LogP contribution in [0.2, 0.25) is 0 Å². The summed E-state index contributed by atoms with van der Waals surface area (Å²) in [5, 5.41) is 4.30. The van der Waals surface area contributed by atoms with Crippen LogP contribution >= 0.6 is 0 Å². The number of aromatic nitrogens is 3. The van der Waals surface area contributed by atoms with E-state index in [1.165, 1.54) is 0 Å². The molecule has 1 aliphatic rings. The van der Waals surface area contributed by atoms with Crippen molar-refractivity contribution >= 4 is 22.6 Å². The number of rotatable bonds is 2. The van der Waals surface area contributed by atoms with E-state index in [1.54, 1.807) is 0 Å². The van der Waals surface area contributed by atoms with E-state index in [9.17, 15) is 4.79 Å². The zero-order valence-corrected chi connectivity index (χ0v) is 16.7. The Morgan fingerprint density at radius 2 is 1.90 bits per heavy atom. The average molecular weight is 389 g/mol. The fourth-order valence-electron chi connectivity index (χ4n) is 4.07. The SMILES string of the molecule is Cc1ccn2cc(-c3cc4ccc(N5CC(C)NC(C)C5)nc4oc3=O)nc2c1. The van der Waals surface area contributed by atoms with Gasteiger partial charge in [0, 0.05) is 43.0 Å². The summed E-state index contributed by atoms with van der Waals surface area (Å²) >= 11 is 0. The van der Waals surface area contributed by atoms with Crippen molar-refractivity contribution in [2.45, 2.75) is 32.9 Å². The Morgan fingerprint density at radius 1 is 1.10 bits per heavy atom. The molecule has 0 spiro atoms. The molecule has 1 N–H and O–H groups in total. The number of imidazole rings is 1. The average Bonchev–Trinajstić information content (AvgIpc) is 3.09. The molecule has 148 valence electrons. The number of fused-ring (bicyclic) bond motifs is 2. The van der Waals surface area contributed by atoms with Gasteiger partial charge in [-0.3, -0.25) is 0 Å². The molecule has 4 aromatic heterocycles. The lowest BCUT2D eigenvalue weighted by molar-refractivity contribution is 0.405. The number of hydrogen-bond donors (Lipinski definition) is 1. The maximum Gasteiger partial charge on any atom is 0.347 e. The zero-order valence-electron chi connectivity index (χ0n) is 16.7. The van der Waals surface area contributed by atoms with Crippen LogP contribution in [-0.2, 0) is 0 Å². The molecule has 0 radical (unpaired) electrons. The van der Waals surface area contributed by atoms with Crippen LogP contribution in [0.15, 0.2) is 51.9 Å². The van der Waals surface area contributed by atoms with Crippen LogP contribution in [0.4, 0.5) is 5.82 Å². The second-order valence-corrected chi connectivity index (χ2v) is 7.98. The summed E-state index contributed by atoms with van der Waals surface area (Å²) in [6.45, 7) is 8.07. The minimum absolute atomic E-state index is 0.356. The van der Waals surface area contributed by atoms with Gasteiger partial charge in [0.05, 0.1) is 11.3 Å². The Bertz CT molecular complexity index is 1270. The first-order valence-electron chi connectivity index (χ1n) is 9.88. The molecule has 2 unspecified atom stereocenters. The molecule has 5 heterocycles. The van der Waals surface area contributed by atoms with Crippen LogP contribution in [0, 0.1) is 6.92 Å². The van der Waals surface area contributed by atoms with Crippen LogP contribution in [-0.4, -0.2) is 39.5 Å². The highest BCUT2D eigenvalue weighted by Crippen LogP contribution is 2.23. The standard InChI is InChI=1S/C22H23N5O2/c1-13-6-7-26-12-18(24-20(26)8-13)17-9-16-4-5-19(25-21(16)29-22(17)28)27-10-14(2)23-15(3)11-27/h4-9,12,14-15,23H,10-11H2,1-3H3. The predicted octanol–water partition coefficient (Wildman–Crippen LogP) is 3.00. The normalized spacial score (nSPS) is 19.9. The molecule has 0 saturated carbocycles. The largest absolute Gasteiger partial charge is 0.403 e. The van der Waals surface area contributed by atoms with Crippen molar-refractivity contribution in [3.8, 4) is 11.3 Å². The van der Waals surface area contributed by atoms with E-state index >= 15 is 0 Å². The molecule has 5 rings (SSSR count). The molecule has 7 heteroatoms. The molecule has 7 nitrogen and oxygen atoms in total. The van der Waals surface area contributed by atoms with E-state index in [0.29, 0.717) is 29.1 Å². The van der Waals surface area contributed by atoms with E-state index in [1.807, 2.05) is 54.0 Å². The van der Waals surface area contributed by atoms with Crippen LogP contribution in [0.3, 0.4) is 0 Å². The number of pyridine rings is 2. The first kappa shape index (κ1) is 17.9.